The Hall–Kier alpha value is -3.45. The van der Waals surface area contributed by atoms with Gasteiger partial charge in [0, 0.05) is 36.8 Å². The molecular weight excluding hydrogens is 478 g/mol. The number of likely N-dealkylation sites (tertiary alicyclic amines) is 1. The molecule has 2 N–H and O–H groups in total. The molecule has 0 bridgehead atoms. The van der Waals surface area contributed by atoms with Gasteiger partial charge in [-0.3, -0.25) is 9.30 Å². The zero-order valence-corrected chi connectivity index (χ0v) is 17.9. The smallest absolute Gasteiger partial charge is 0.408 e. The fraction of sp³-hybridized carbons (Fsp3) is 0.318. The molecule has 4 heterocycles. The number of fused-ring (bicyclic) bond motifs is 2. The molecule has 1 aliphatic heterocycles. The Bertz CT molecular complexity index is 1390. The molecule has 2 atom stereocenters. The maximum Gasteiger partial charge on any atom is 0.408 e. The largest absolute Gasteiger partial charge is 0.432 e. The summed E-state index contributed by atoms with van der Waals surface area (Å²) in [6.07, 6.45) is -2.82. The van der Waals surface area contributed by atoms with Gasteiger partial charge in [0.05, 0.1) is 0 Å². The van der Waals surface area contributed by atoms with Crippen molar-refractivity contribution in [3.8, 4) is 17.3 Å². The lowest BCUT2D eigenvalue weighted by molar-refractivity contribution is -0.183. The molecule has 2 unspecified atom stereocenters. The van der Waals surface area contributed by atoms with Crippen LogP contribution in [-0.4, -0.2) is 56.4 Å². The molecule has 1 saturated heterocycles. The van der Waals surface area contributed by atoms with Gasteiger partial charge in [0.1, 0.15) is 23.1 Å². The van der Waals surface area contributed by atoms with Crippen molar-refractivity contribution in [3.05, 3.63) is 54.0 Å². The van der Waals surface area contributed by atoms with Gasteiger partial charge in [0.15, 0.2) is 17.2 Å². The highest BCUT2D eigenvalue weighted by Gasteiger charge is 2.46. The second-order valence-electron chi connectivity index (χ2n) is 8.25. The number of rotatable bonds is 5. The SMILES string of the molecule is NC1CCN(C(c2ccc3nnc(-c4ccc5cc(F)cc(OC(F)F)c5n4)n3c2)C(F)(F)F)C1. The minimum atomic E-state index is -4.56. The highest BCUT2D eigenvalue weighted by atomic mass is 19.4. The Morgan fingerprint density at radius 3 is 2.57 bits per heavy atom. The standard InChI is InChI=1S/C22H18F6N6O/c23-13-7-11-1-3-15(30-18(11)16(8-13)35-21(24)25)20-32-31-17-4-2-12(9-34(17)20)19(22(26,27)28)33-6-5-14(29)10-33/h1-4,7-9,14,19,21H,5-6,10,29H2. The number of alkyl halides is 5. The van der Waals surface area contributed by atoms with Crippen molar-refractivity contribution in [2.24, 2.45) is 5.73 Å². The van der Waals surface area contributed by atoms with Crippen LogP contribution >= 0.6 is 0 Å². The third kappa shape index (κ3) is 4.48. The number of pyridine rings is 2. The van der Waals surface area contributed by atoms with E-state index in [4.69, 9.17) is 5.73 Å². The van der Waals surface area contributed by atoms with Crippen LogP contribution in [0.1, 0.15) is 18.0 Å². The minimum absolute atomic E-state index is 0.0373. The second kappa shape index (κ2) is 8.64. The normalized spacial score (nSPS) is 18.1. The van der Waals surface area contributed by atoms with Gasteiger partial charge in [-0.25, -0.2) is 9.37 Å². The molecule has 0 amide bonds. The zero-order chi connectivity index (χ0) is 24.9. The van der Waals surface area contributed by atoms with E-state index in [9.17, 15) is 26.3 Å². The minimum Gasteiger partial charge on any atom is -0.432 e. The molecule has 0 spiro atoms. The summed E-state index contributed by atoms with van der Waals surface area (Å²) in [4.78, 5) is 5.56. The van der Waals surface area contributed by atoms with E-state index < -0.39 is 30.4 Å². The number of nitrogens with two attached hydrogens (primary N) is 1. The number of hydrogen-bond acceptors (Lipinski definition) is 6. The molecule has 1 fully saturated rings. The number of halogens is 6. The van der Waals surface area contributed by atoms with Gasteiger partial charge in [-0.2, -0.15) is 22.0 Å². The number of nitrogens with zero attached hydrogens (tertiary/aromatic N) is 5. The number of ether oxygens (including phenoxy) is 1. The summed E-state index contributed by atoms with van der Waals surface area (Å²) < 4.78 is 87.4. The molecule has 184 valence electrons. The monoisotopic (exact) mass is 496 g/mol. The van der Waals surface area contributed by atoms with Crippen molar-refractivity contribution < 1.29 is 31.1 Å². The molecule has 7 nitrogen and oxygen atoms in total. The highest BCUT2D eigenvalue weighted by molar-refractivity contribution is 5.86. The van der Waals surface area contributed by atoms with Crippen LogP contribution in [0.15, 0.2) is 42.6 Å². The summed E-state index contributed by atoms with van der Waals surface area (Å²) in [6.45, 7) is -2.90. The second-order valence-corrected chi connectivity index (χ2v) is 8.25. The average molecular weight is 496 g/mol. The molecule has 3 aromatic heterocycles. The lowest BCUT2D eigenvalue weighted by atomic mass is 10.1. The van der Waals surface area contributed by atoms with Crippen molar-refractivity contribution in [2.75, 3.05) is 13.1 Å². The van der Waals surface area contributed by atoms with Crippen LogP contribution in [-0.2, 0) is 0 Å². The molecule has 0 radical (unpaired) electrons. The summed E-state index contributed by atoms with van der Waals surface area (Å²) in [5, 5.41) is 8.20. The van der Waals surface area contributed by atoms with Crippen LogP contribution < -0.4 is 10.5 Å². The van der Waals surface area contributed by atoms with Crippen molar-refractivity contribution >= 4 is 16.6 Å². The lowest BCUT2D eigenvalue weighted by Crippen LogP contribution is -2.38. The van der Waals surface area contributed by atoms with Gasteiger partial charge < -0.3 is 10.5 Å². The Morgan fingerprint density at radius 2 is 1.89 bits per heavy atom. The third-order valence-corrected chi connectivity index (χ3v) is 5.84. The van der Waals surface area contributed by atoms with E-state index >= 15 is 0 Å². The van der Waals surface area contributed by atoms with E-state index in [0.717, 1.165) is 12.1 Å². The molecule has 35 heavy (non-hydrogen) atoms. The highest BCUT2D eigenvalue weighted by Crippen LogP contribution is 2.39. The average Bonchev–Trinajstić information content (AvgIpc) is 3.38. The maximum atomic E-state index is 14.0. The van der Waals surface area contributed by atoms with E-state index in [2.05, 4.69) is 19.9 Å². The van der Waals surface area contributed by atoms with Crippen LogP contribution in [0.5, 0.6) is 5.75 Å². The van der Waals surface area contributed by atoms with Crippen LogP contribution in [0.25, 0.3) is 28.1 Å². The van der Waals surface area contributed by atoms with Crippen LogP contribution in [0, 0.1) is 5.82 Å². The third-order valence-electron chi connectivity index (χ3n) is 5.84. The summed E-state index contributed by atoms with van der Waals surface area (Å²) in [7, 11) is 0. The predicted molar refractivity (Wildman–Crippen MR) is 113 cm³/mol. The molecule has 0 saturated carbocycles. The van der Waals surface area contributed by atoms with Gasteiger partial charge in [-0.15, -0.1) is 10.2 Å². The number of aromatic nitrogens is 4. The Morgan fingerprint density at radius 1 is 1.09 bits per heavy atom. The lowest BCUT2D eigenvalue weighted by Gasteiger charge is -2.30. The summed E-state index contributed by atoms with van der Waals surface area (Å²) in [6, 6.07) is 5.26. The topological polar surface area (TPSA) is 81.6 Å². The fourth-order valence-corrected chi connectivity index (χ4v) is 4.38. The van der Waals surface area contributed by atoms with E-state index in [1.807, 2.05) is 0 Å². The molecular formula is C22H18F6N6O. The molecule has 13 heteroatoms. The molecule has 5 rings (SSSR count). The first-order valence-corrected chi connectivity index (χ1v) is 10.6. The molecule has 1 aromatic carbocycles. The van der Waals surface area contributed by atoms with Crippen LogP contribution in [0.4, 0.5) is 26.3 Å². The van der Waals surface area contributed by atoms with Gasteiger partial charge >= 0.3 is 12.8 Å². The maximum absolute atomic E-state index is 14.0. The first-order valence-electron chi connectivity index (χ1n) is 10.6. The van der Waals surface area contributed by atoms with Crippen molar-refractivity contribution in [3.63, 3.8) is 0 Å². The first-order chi connectivity index (χ1) is 16.6. The first kappa shape index (κ1) is 23.3. The number of hydrogen-bond donors (Lipinski definition) is 1. The molecule has 4 aromatic rings. The molecule has 1 aliphatic rings. The predicted octanol–water partition coefficient (Wildman–Crippen LogP) is 4.32. The number of benzene rings is 1. The zero-order valence-electron chi connectivity index (χ0n) is 17.9. The van der Waals surface area contributed by atoms with E-state index in [1.54, 1.807) is 0 Å². The van der Waals surface area contributed by atoms with E-state index in [1.165, 1.54) is 39.8 Å². The van der Waals surface area contributed by atoms with Crippen molar-refractivity contribution in [1.29, 1.82) is 0 Å². The Kier molecular flexibility index (Phi) is 5.75. The fourth-order valence-electron chi connectivity index (χ4n) is 4.38. The van der Waals surface area contributed by atoms with E-state index in [-0.39, 0.29) is 52.8 Å². The Balaban J connectivity index is 1.61. The van der Waals surface area contributed by atoms with Crippen LogP contribution in [0.2, 0.25) is 0 Å². The van der Waals surface area contributed by atoms with Gasteiger partial charge in [0.2, 0.25) is 0 Å². The summed E-state index contributed by atoms with van der Waals surface area (Å²) >= 11 is 0. The van der Waals surface area contributed by atoms with Crippen molar-refractivity contribution in [2.45, 2.75) is 31.3 Å². The van der Waals surface area contributed by atoms with Gasteiger partial charge in [-0.1, -0.05) is 12.1 Å². The van der Waals surface area contributed by atoms with E-state index in [0.29, 0.717) is 6.42 Å². The van der Waals surface area contributed by atoms with Crippen LogP contribution in [0.3, 0.4) is 0 Å². The summed E-state index contributed by atoms with van der Waals surface area (Å²) in [5.74, 6) is -1.19. The quantitative estimate of drug-likeness (QED) is 0.415. The van der Waals surface area contributed by atoms with Crippen molar-refractivity contribution in [1.82, 2.24) is 24.5 Å². The Labute approximate surface area is 194 Å². The van der Waals surface area contributed by atoms with Gasteiger partial charge in [0.25, 0.3) is 0 Å². The summed E-state index contributed by atoms with van der Waals surface area (Å²) in [5.41, 5.74) is 6.12. The molecule has 0 aliphatic carbocycles. The van der Waals surface area contributed by atoms with Gasteiger partial charge in [-0.05, 0) is 30.2 Å².